The molecule has 2 rings (SSSR count). The van der Waals surface area contributed by atoms with Gasteiger partial charge in [0.2, 0.25) is 0 Å². The lowest BCUT2D eigenvalue weighted by Gasteiger charge is -2.18. The second-order valence-electron chi connectivity index (χ2n) is 5.57. The molecule has 96 valence electrons. The van der Waals surface area contributed by atoms with Gasteiger partial charge in [-0.25, -0.2) is 0 Å². The van der Waals surface area contributed by atoms with E-state index in [1.165, 1.54) is 26.7 Å². The normalized spacial score (nSPS) is 18.4. The first-order valence-electron chi connectivity index (χ1n) is 6.20. The molecule has 2 heteroatoms. The molecule has 0 N–H and O–H groups in total. The summed E-state index contributed by atoms with van der Waals surface area (Å²) in [6.07, 6.45) is 7.42. The summed E-state index contributed by atoms with van der Waals surface area (Å²) in [7, 11) is 0. The molecule has 0 amide bonds. The average molecular weight is 276 g/mol. The van der Waals surface area contributed by atoms with E-state index in [1.54, 1.807) is 0 Å². The predicted molar refractivity (Wildman–Crippen MR) is 88.2 cm³/mol. The van der Waals surface area contributed by atoms with Crippen LogP contribution in [0.2, 0.25) is 0 Å². The molecule has 0 unspecified atom stereocenters. The van der Waals surface area contributed by atoms with Gasteiger partial charge in [0.15, 0.2) is 0 Å². The summed E-state index contributed by atoms with van der Waals surface area (Å²) in [6, 6.07) is 8.97. The van der Waals surface area contributed by atoms with Crippen LogP contribution in [-0.4, -0.2) is 4.86 Å². The van der Waals surface area contributed by atoms with Crippen molar-refractivity contribution < 1.29 is 0 Å². The van der Waals surface area contributed by atoms with Gasteiger partial charge < -0.3 is 0 Å². The van der Waals surface area contributed by atoms with E-state index in [2.05, 4.69) is 75.9 Å². The van der Waals surface area contributed by atoms with Crippen LogP contribution in [0.15, 0.2) is 52.3 Å². The monoisotopic (exact) mass is 276 g/mol. The highest BCUT2D eigenvalue weighted by molar-refractivity contribution is 7.99. The van der Waals surface area contributed by atoms with Crippen LogP contribution in [0.25, 0.3) is 0 Å². The van der Waals surface area contributed by atoms with Gasteiger partial charge in [0.05, 0.1) is 0 Å². The van der Waals surface area contributed by atoms with E-state index >= 15 is 0 Å². The molecule has 0 bridgehead atoms. The van der Waals surface area contributed by atoms with Crippen molar-refractivity contribution in [1.29, 1.82) is 0 Å². The highest BCUT2D eigenvalue weighted by Gasteiger charge is 2.12. The Labute approximate surface area is 119 Å². The second kappa shape index (κ2) is 5.50. The summed E-state index contributed by atoms with van der Waals surface area (Å²) in [5, 5.41) is 0. The van der Waals surface area contributed by atoms with E-state index in [1.807, 2.05) is 0 Å². The molecule has 0 aromatic heterocycles. The molecule has 1 aromatic carbocycles. The Kier molecular flexibility index (Phi) is 4.18. The molecule has 0 saturated heterocycles. The quantitative estimate of drug-likeness (QED) is 0.536. The van der Waals surface area contributed by atoms with E-state index in [-0.39, 0.29) is 5.41 Å². The lowest BCUT2D eigenvalue weighted by molar-refractivity contribution is 0.590. The van der Waals surface area contributed by atoms with Gasteiger partial charge in [-0.05, 0) is 45.4 Å². The zero-order valence-electron chi connectivity index (χ0n) is 11.1. The summed E-state index contributed by atoms with van der Waals surface area (Å²) in [5.74, 6) is 0. The number of allylic oxidation sites excluding steroid dienone is 3. The standard InChI is InChI=1S/C16H20S2/c1-16(2,3)12-4-8-14(9-5-12)18-15-10-6-13(17)7-11-15/h4-10,17-18H,11H2,1-3H3. The highest BCUT2D eigenvalue weighted by atomic mass is 32.1. The maximum Gasteiger partial charge on any atom is 0.000381 e. The molecular formula is C16H20S2. The van der Waals surface area contributed by atoms with Crippen LogP contribution in [0.1, 0.15) is 32.8 Å². The van der Waals surface area contributed by atoms with E-state index in [4.69, 9.17) is 0 Å². The Balaban J connectivity index is 2.17. The number of thiol groups is 2. The second-order valence-corrected chi connectivity index (χ2v) is 7.40. The van der Waals surface area contributed by atoms with Crippen molar-refractivity contribution >= 4 is 28.8 Å². The predicted octanol–water partition coefficient (Wildman–Crippen LogP) is 4.75. The molecule has 18 heavy (non-hydrogen) atoms. The molecule has 0 heterocycles. The van der Waals surface area contributed by atoms with Crippen LogP contribution in [0.3, 0.4) is 0 Å². The Morgan fingerprint density at radius 2 is 1.72 bits per heavy atom. The van der Waals surface area contributed by atoms with Gasteiger partial charge in [0.25, 0.3) is 0 Å². The fraction of sp³-hybridized carbons (Fsp3) is 0.312. The number of hydrogen-bond acceptors (Lipinski definition) is 1. The lowest BCUT2D eigenvalue weighted by Crippen LogP contribution is -2.10. The van der Waals surface area contributed by atoms with Crippen molar-refractivity contribution in [1.82, 2.24) is 0 Å². The van der Waals surface area contributed by atoms with E-state index in [9.17, 15) is 0 Å². The number of rotatable bonds is 1. The topological polar surface area (TPSA) is 0 Å². The van der Waals surface area contributed by atoms with Crippen LogP contribution < -0.4 is 0 Å². The first-order valence-corrected chi connectivity index (χ1v) is 7.54. The fourth-order valence-corrected chi connectivity index (χ4v) is 2.94. The molecule has 0 radical (unpaired) electrons. The first-order chi connectivity index (χ1) is 8.45. The smallest absolute Gasteiger partial charge is 0.000381 e. The minimum Gasteiger partial charge on any atom is -0.166 e. The Hall–Kier alpha value is -0.730. The summed E-state index contributed by atoms with van der Waals surface area (Å²) in [6.45, 7) is 6.74. The van der Waals surface area contributed by atoms with Gasteiger partial charge in [-0.3, -0.25) is 0 Å². The minimum absolute atomic E-state index is 0.233. The SMILES string of the molecule is CC(C)(C)c1ccc([SH]=C2C=CC(S)=CC2)cc1. The Morgan fingerprint density at radius 3 is 2.22 bits per heavy atom. The van der Waals surface area contributed by atoms with Gasteiger partial charge in [-0.1, -0.05) is 45.1 Å². The van der Waals surface area contributed by atoms with Gasteiger partial charge in [-0.2, -0.15) is 11.4 Å². The molecule has 0 saturated carbocycles. The molecule has 1 aliphatic carbocycles. The molecule has 0 spiro atoms. The van der Waals surface area contributed by atoms with Crippen molar-refractivity contribution in [3.8, 4) is 0 Å². The van der Waals surface area contributed by atoms with Crippen LogP contribution in [0, 0.1) is 0 Å². The van der Waals surface area contributed by atoms with E-state index < -0.39 is 0 Å². The van der Waals surface area contributed by atoms with Crippen molar-refractivity contribution in [2.24, 2.45) is 0 Å². The molecule has 0 nitrogen and oxygen atoms in total. The number of hydrogen-bond donors (Lipinski definition) is 2. The maximum absolute atomic E-state index is 4.33. The van der Waals surface area contributed by atoms with E-state index in [0.29, 0.717) is 0 Å². The highest BCUT2D eigenvalue weighted by Crippen LogP contribution is 2.25. The lowest BCUT2D eigenvalue weighted by atomic mass is 9.87. The summed E-state index contributed by atoms with van der Waals surface area (Å²) < 4.78 is 0. The number of benzene rings is 1. The van der Waals surface area contributed by atoms with Gasteiger partial charge in [-0.15, -0.1) is 12.6 Å². The molecule has 0 aliphatic heterocycles. The summed E-state index contributed by atoms with van der Waals surface area (Å²) in [4.78, 5) is 3.85. The van der Waals surface area contributed by atoms with E-state index in [0.717, 1.165) is 11.3 Å². The zero-order valence-corrected chi connectivity index (χ0v) is 12.9. The van der Waals surface area contributed by atoms with Gasteiger partial charge >= 0.3 is 0 Å². The molecule has 0 atom stereocenters. The molecule has 1 aromatic rings. The third-order valence-corrected chi connectivity index (χ3v) is 4.48. The third kappa shape index (κ3) is 3.63. The van der Waals surface area contributed by atoms with Crippen molar-refractivity contribution in [2.75, 3.05) is 0 Å². The van der Waals surface area contributed by atoms with Crippen LogP contribution >= 0.6 is 24.0 Å². The van der Waals surface area contributed by atoms with Crippen LogP contribution in [0.5, 0.6) is 0 Å². The van der Waals surface area contributed by atoms with Crippen molar-refractivity contribution in [3.63, 3.8) is 0 Å². The fourth-order valence-electron chi connectivity index (χ4n) is 1.81. The maximum atomic E-state index is 4.33. The summed E-state index contributed by atoms with van der Waals surface area (Å²) >= 11 is 5.64. The van der Waals surface area contributed by atoms with Crippen molar-refractivity contribution in [3.05, 3.63) is 53.0 Å². The zero-order chi connectivity index (χ0) is 13.2. The third-order valence-electron chi connectivity index (χ3n) is 2.97. The molecular weight excluding hydrogens is 256 g/mol. The molecule has 1 aliphatic rings. The van der Waals surface area contributed by atoms with Crippen molar-refractivity contribution in [2.45, 2.75) is 37.5 Å². The Bertz CT molecular complexity index is 511. The van der Waals surface area contributed by atoms with Crippen LogP contribution in [0.4, 0.5) is 0 Å². The van der Waals surface area contributed by atoms with Crippen LogP contribution in [-0.2, 0) is 5.41 Å². The minimum atomic E-state index is 0.233. The van der Waals surface area contributed by atoms with Gasteiger partial charge in [0, 0.05) is 4.91 Å². The average Bonchev–Trinajstić information content (AvgIpc) is 2.32. The largest absolute Gasteiger partial charge is 0.166 e. The van der Waals surface area contributed by atoms with Gasteiger partial charge in [0.1, 0.15) is 0 Å². The Morgan fingerprint density at radius 1 is 1.06 bits per heavy atom. The molecule has 0 fully saturated rings. The first kappa shape index (κ1) is 13.7. The summed E-state index contributed by atoms with van der Waals surface area (Å²) in [5.41, 5.74) is 1.62.